The fraction of sp³-hybridized carbons (Fsp3) is 1.00. The van der Waals surface area contributed by atoms with Crippen LogP contribution in [0.4, 0.5) is 0 Å². The van der Waals surface area contributed by atoms with Crippen LogP contribution in [0.15, 0.2) is 0 Å². The van der Waals surface area contributed by atoms with Gasteiger partial charge < -0.3 is 4.74 Å². The largest absolute Gasteiger partial charge is 0.378 e. The van der Waals surface area contributed by atoms with Crippen LogP contribution in [0.5, 0.6) is 0 Å². The zero-order valence-corrected chi connectivity index (χ0v) is 11.9. The monoisotopic (exact) mass is 288 g/mol. The van der Waals surface area contributed by atoms with Crippen LogP contribution in [0.25, 0.3) is 0 Å². The predicted molar refractivity (Wildman–Crippen MR) is 72.1 cm³/mol. The van der Waals surface area contributed by atoms with Crippen LogP contribution in [0, 0.1) is 5.92 Å². The molecule has 0 aromatic heterocycles. The van der Waals surface area contributed by atoms with Gasteiger partial charge in [-0.1, -0.05) is 54.5 Å². The van der Waals surface area contributed by atoms with Gasteiger partial charge >= 0.3 is 0 Å². The Labute approximate surface area is 108 Å². The van der Waals surface area contributed by atoms with E-state index >= 15 is 0 Å². The lowest BCUT2D eigenvalue weighted by atomic mass is 9.84. The highest BCUT2D eigenvalue weighted by atomic mass is 79.9. The van der Waals surface area contributed by atoms with E-state index in [1.807, 2.05) is 0 Å². The van der Waals surface area contributed by atoms with E-state index in [0.29, 0.717) is 6.10 Å². The van der Waals surface area contributed by atoms with Crippen LogP contribution in [-0.2, 0) is 4.74 Å². The first-order valence-electron chi connectivity index (χ1n) is 7.13. The average molecular weight is 289 g/mol. The third-order valence-electron chi connectivity index (χ3n) is 4.17. The van der Waals surface area contributed by atoms with Crippen molar-refractivity contribution < 1.29 is 4.74 Å². The fourth-order valence-electron chi connectivity index (χ4n) is 2.72. The second kappa shape index (κ2) is 7.00. The van der Waals surface area contributed by atoms with Crippen molar-refractivity contribution >= 4 is 15.9 Å². The summed E-state index contributed by atoms with van der Waals surface area (Å²) in [6, 6.07) is 0. The Morgan fingerprint density at radius 2 is 1.44 bits per heavy atom. The second-order valence-corrected chi connectivity index (χ2v) is 6.61. The van der Waals surface area contributed by atoms with E-state index in [9.17, 15) is 0 Å². The summed E-state index contributed by atoms with van der Waals surface area (Å²) in [7, 11) is 0. The third-order valence-corrected chi connectivity index (χ3v) is 5.31. The smallest absolute Gasteiger partial charge is 0.0614 e. The molecule has 1 saturated heterocycles. The van der Waals surface area contributed by atoms with Crippen LogP contribution < -0.4 is 0 Å². The summed E-state index contributed by atoms with van der Waals surface area (Å²) in [6.07, 6.45) is 14.7. The molecule has 3 atom stereocenters. The molecule has 3 aliphatic rings. The van der Waals surface area contributed by atoms with Gasteiger partial charge in [-0.15, -0.1) is 0 Å². The van der Waals surface area contributed by atoms with E-state index in [1.165, 1.54) is 64.2 Å². The number of hydrogen-bond donors (Lipinski definition) is 0. The van der Waals surface area contributed by atoms with E-state index in [4.69, 9.17) is 4.74 Å². The molecule has 1 aliphatic heterocycles. The van der Waals surface area contributed by atoms with Gasteiger partial charge in [-0.05, 0) is 31.6 Å². The first-order chi connectivity index (χ1) is 7.88. The molecule has 1 heterocycles. The van der Waals surface area contributed by atoms with Crippen LogP contribution in [0.3, 0.4) is 0 Å². The maximum Gasteiger partial charge on any atom is 0.0614 e. The number of hydrogen-bond acceptors (Lipinski definition) is 1. The van der Waals surface area contributed by atoms with Gasteiger partial charge in [0, 0.05) is 11.4 Å². The molecular formula is C14H25BrO. The molecule has 0 aromatic rings. The second-order valence-electron chi connectivity index (χ2n) is 5.43. The lowest BCUT2D eigenvalue weighted by Gasteiger charge is -2.31. The van der Waals surface area contributed by atoms with Crippen LogP contribution in [-0.4, -0.2) is 17.5 Å². The third kappa shape index (κ3) is 3.73. The minimum atomic E-state index is 0.578. The molecule has 2 heteroatoms. The molecule has 0 amide bonds. The summed E-state index contributed by atoms with van der Waals surface area (Å²) in [4.78, 5) is 0.731. The van der Waals surface area contributed by atoms with E-state index < -0.39 is 0 Å². The maximum atomic E-state index is 5.73. The zero-order chi connectivity index (χ0) is 11.2. The molecule has 0 aromatic carbocycles. The highest BCUT2D eigenvalue weighted by Gasteiger charge is 2.32. The highest BCUT2D eigenvalue weighted by molar-refractivity contribution is 9.09. The quantitative estimate of drug-likeness (QED) is 0.637. The molecule has 94 valence electrons. The van der Waals surface area contributed by atoms with Gasteiger partial charge in [0.2, 0.25) is 0 Å². The Hall–Kier alpha value is 0.440. The number of halogens is 1. The van der Waals surface area contributed by atoms with Gasteiger partial charge in [0.1, 0.15) is 0 Å². The summed E-state index contributed by atoms with van der Waals surface area (Å²) >= 11 is 3.78. The molecule has 3 rings (SSSR count). The molecule has 0 spiro atoms. The van der Waals surface area contributed by atoms with E-state index in [-0.39, 0.29) is 0 Å². The first kappa shape index (κ1) is 12.9. The maximum absolute atomic E-state index is 5.73. The Morgan fingerprint density at radius 3 is 1.94 bits per heavy atom. The van der Waals surface area contributed by atoms with Crippen molar-refractivity contribution in [3.63, 3.8) is 0 Å². The number of rotatable bonds is 1. The van der Waals surface area contributed by atoms with Crippen molar-refractivity contribution in [3.8, 4) is 0 Å². The zero-order valence-electron chi connectivity index (χ0n) is 10.3. The standard InChI is InChI=1S/C10H17BrO.C4H8/c11-9-5-2-1-4-8(9)10-6-3-7-12-10;1-2-4-3-1/h8-10H,1-7H2;1-4H2. The minimum absolute atomic E-state index is 0.578. The van der Waals surface area contributed by atoms with E-state index in [0.717, 1.165) is 17.4 Å². The summed E-state index contributed by atoms with van der Waals surface area (Å²) in [5.41, 5.74) is 0. The molecular weight excluding hydrogens is 264 g/mol. The van der Waals surface area contributed by atoms with E-state index in [1.54, 1.807) is 0 Å². The predicted octanol–water partition coefficient (Wildman–Crippen LogP) is 4.68. The minimum Gasteiger partial charge on any atom is -0.378 e. The Bertz CT molecular complexity index is 181. The molecule has 2 saturated carbocycles. The van der Waals surface area contributed by atoms with Crippen molar-refractivity contribution in [1.82, 2.24) is 0 Å². The van der Waals surface area contributed by atoms with Crippen LogP contribution in [0.1, 0.15) is 64.2 Å². The Balaban J connectivity index is 0.000000203. The van der Waals surface area contributed by atoms with Gasteiger partial charge in [0.25, 0.3) is 0 Å². The molecule has 0 N–H and O–H groups in total. The topological polar surface area (TPSA) is 9.23 Å². The van der Waals surface area contributed by atoms with Crippen LogP contribution >= 0.6 is 15.9 Å². The summed E-state index contributed by atoms with van der Waals surface area (Å²) in [5.74, 6) is 0.807. The number of alkyl halides is 1. The summed E-state index contributed by atoms with van der Waals surface area (Å²) in [5, 5.41) is 0. The fourth-order valence-corrected chi connectivity index (χ4v) is 3.65. The molecule has 0 radical (unpaired) electrons. The van der Waals surface area contributed by atoms with Gasteiger partial charge in [0.05, 0.1) is 6.10 Å². The van der Waals surface area contributed by atoms with Gasteiger partial charge in [0.15, 0.2) is 0 Å². The van der Waals surface area contributed by atoms with E-state index in [2.05, 4.69) is 15.9 Å². The lowest BCUT2D eigenvalue weighted by Crippen LogP contribution is -2.30. The van der Waals surface area contributed by atoms with Crippen molar-refractivity contribution in [1.29, 1.82) is 0 Å². The van der Waals surface area contributed by atoms with Crippen molar-refractivity contribution in [3.05, 3.63) is 0 Å². The molecule has 1 nitrogen and oxygen atoms in total. The highest BCUT2D eigenvalue weighted by Crippen LogP contribution is 2.36. The lowest BCUT2D eigenvalue weighted by molar-refractivity contribution is 0.0514. The van der Waals surface area contributed by atoms with Crippen LogP contribution in [0.2, 0.25) is 0 Å². The molecule has 16 heavy (non-hydrogen) atoms. The van der Waals surface area contributed by atoms with Gasteiger partial charge in [-0.3, -0.25) is 0 Å². The summed E-state index contributed by atoms with van der Waals surface area (Å²) < 4.78 is 5.73. The summed E-state index contributed by atoms with van der Waals surface area (Å²) in [6.45, 7) is 1.00. The Morgan fingerprint density at radius 1 is 0.750 bits per heavy atom. The van der Waals surface area contributed by atoms with Crippen molar-refractivity contribution in [2.24, 2.45) is 5.92 Å². The molecule has 3 unspecified atom stereocenters. The van der Waals surface area contributed by atoms with Gasteiger partial charge in [-0.2, -0.15) is 0 Å². The van der Waals surface area contributed by atoms with Crippen molar-refractivity contribution in [2.45, 2.75) is 75.1 Å². The molecule has 0 bridgehead atoms. The van der Waals surface area contributed by atoms with Crippen molar-refractivity contribution in [2.75, 3.05) is 6.61 Å². The molecule has 3 fully saturated rings. The first-order valence-corrected chi connectivity index (χ1v) is 8.05. The normalized spacial score (nSPS) is 38.4. The van der Waals surface area contributed by atoms with Gasteiger partial charge in [-0.25, -0.2) is 0 Å². The molecule has 2 aliphatic carbocycles. The Kier molecular flexibility index (Phi) is 5.64. The average Bonchev–Trinajstić information content (AvgIpc) is 2.68. The number of ether oxygens (including phenoxy) is 1. The SMILES string of the molecule is BrC1CCCCC1C1CCCO1.C1CCC1.